The second-order valence-corrected chi connectivity index (χ2v) is 9.50. The van der Waals surface area contributed by atoms with Crippen LogP contribution in [-0.2, 0) is 35.2 Å². The van der Waals surface area contributed by atoms with E-state index >= 15 is 0 Å². The molecule has 0 N–H and O–H groups in total. The van der Waals surface area contributed by atoms with Gasteiger partial charge in [0.25, 0.3) is 0 Å². The Kier molecular flexibility index (Phi) is 6.42. The molecule has 6 heteroatoms. The SMILES string of the molecule is CCC/C=C1\[C@H](C(=O)OCc2ccccc2)[C@@]2(C)CCC(=O)[C@]1(C(=O)OC(C)(C)C)O2. The number of benzene rings is 1. The largest absolute Gasteiger partial charge is 0.460 e. The van der Waals surface area contributed by atoms with Gasteiger partial charge in [0, 0.05) is 6.42 Å². The van der Waals surface area contributed by atoms with E-state index < -0.39 is 34.7 Å². The maximum atomic E-state index is 13.3. The minimum absolute atomic E-state index is 0.112. The van der Waals surface area contributed by atoms with Crippen LogP contribution in [0, 0.1) is 5.92 Å². The zero-order valence-electron chi connectivity index (χ0n) is 19.0. The summed E-state index contributed by atoms with van der Waals surface area (Å²) in [6.45, 7) is 9.10. The molecule has 1 aromatic carbocycles. The summed E-state index contributed by atoms with van der Waals surface area (Å²) < 4.78 is 17.4. The fourth-order valence-electron chi connectivity index (χ4n) is 4.32. The van der Waals surface area contributed by atoms with Gasteiger partial charge in [0.15, 0.2) is 5.78 Å². The number of ether oxygens (including phenoxy) is 3. The molecule has 2 aliphatic rings. The molecule has 0 amide bonds. The molecule has 0 aliphatic carbocycles. The first-order valence-electron chi connectivity index (χ1n) is 10.9. The molecular formula is C25H32O6. The van der Waals surface area contributed by atoms with Crippen molar-refractivity contribution in [2.75, 3.05) is 0 Å². The quantitative estimate of drug-likeness (QED) is 0.382. The van der Waals surface area contributed by atoms with E-state index in [4.69, 9.17) is 14.2 Å². The summed E-state index contributed by atoms with van der Waals surface area (Å²) in [6, 6.07) is 9.38. The molecule has 2 bridgehead atoms. The molecule has 0 aromatic heterocycles. The van der Waals surface area contributed by atoms with Crippen molar-refractivity contribution in [3.63, 3.8) is 0 Å². The van der Waals surface area contributed by atoms with E-state index in [1.165, 1.54) is 0 Å². The van der Waals surface area contributed by atoms with Gasteiger partial charge in [-0.3, -0.25) is 9.59 Å². The number of ketones is 1. The molecule has 0 saturated carbocycles. The summed E-state index contributed by atoms with van der Waals surface area (Å²) in [5.74, 6) is -2.45. The molecule has 0 spiro atoms. The molecule has 6 nitrogen and oxygen atoms in total. The van der Waals surface area contributed by atoms with Gasteiger partial charge < -0.3 is 14.2 Å². The van der Waals surface area contributed by atoms with Crippen molar-refractivity contribution in [2.24, 2.45) is 5.92 Å². The second kappa shape index (κ2) is 8.58. The molecule has 3 atom stereocenters. The van der Waals surface area contributed by atoms with E-state index in [1.54, 1.807) is 33.8 Å². The third kappa shape index (κ3) is 4.45. The van der Waals surface area contributed by atoms with Crippen molar-refractivity contribution >= 4 is 17.7 Å². The highest BCUT2D eigenvalue weighted by Gasteiger charge is 2.70. The monoisotopic (exact) mass is 428 g/mol. The lowest BCUT2D eigenvalue weighted by atomic mass is 9.80. The molecule has 2 fully saturated rings. The van der Waals surface area contributed by atoms with Crippen molar-refractivity contribution in [1.29, 1.82) is 0 Å². The molecular weight excluding hydrogens is 396 g/mol. The molecule has 2 saturated heterocycles. The first kappa shape index (κ1) is 23.2. The van der Waals surface area contributed by atoms with Crippen LogP contribution >= 0.6 is 0 Å². The number of allylic oxidation sites excluding steroid dienone is 1. The normalized spacial score (nSPS) is 29.1. The van der Waals surface area contributed by atoms with Gasteiger partial charge in [0.1, 0.15) is 18.1 Å². The van der Waals surface area contributed by atoms with Crippen LogP contribution in [0.15, 0.2) is 42.0 Å². The van der Waals surface area contributed by atoms with Gasteiger partial charge in [-0.2, -0.15) is 0 Å². The molecule has 3 rings (SSSR count). The summed E-state index contributed by atoms with van der Waals surface area (Å²) in [4.78, 5) is 39.7. The topological polar surface area (TPSA) is 78.9 Å². The lowest BCUT2D eigenvalue weighted by Crippen LogP contribution is -2.54. The van der Waals surface area contributed by atoms with E-state index in [2.05, 4.69) is 0 Å². The Morgan fingerprint density at radius 1 is 1.23 bits per heavy atom. The number of Topliss-reactive ketones (excluding diaryl/α,β-unsaturated/α-hetero) is 1. The first-order chi connectivity index (χ1) is 14.5. The number of esters is 2. The Labute approximate surface area is 183 Å². The van der Waals surface area contributed by atoms with Crippen molar-refractivity contribution in [1.82, 2.24) is 0 Å². The molecule has 0 radical (unpaired) electrons. The van der Waals surface area contributed by atoms with E-state index in [0.29, 0.717) is 18.4 Å². The van der Waals surface area contributed by atoms with E-state index in [-0.39, 0.29) is 18.8 Å². The highest BCUT2D eigenvalue weighted by atomic mass is 16.6. The van der Waals surface area contributed by atoms with Crippen molar-refractivity contribution in [3.8, 4) is 0 Å². The van der Waals surface area contributed by atoms with Gasteiger partial charge in [-0.1, -0.05) is 49.8 Å². The fourth-order valence-corrected chi connectivity index (χ4v) is 4.32. The zero-order valence-corrected chi connectivity index (χ0v) is 19.0. The number of unbranched alkanes of at least 4 members (excludes halogenated alkanes) is 1. The number of carbonyl (C=O) groups is 3. The van der Waals surface area contributed by atoms with Crippen LogP contribution in [0.25, 0.3) is 0 Å². The highest BCUT2D eigenvalue weighted by molar-refractivity contribution is 6.13. The van der Waals surface area contributed by atoms with Gasteiger partial charge >= 0.3 is 11.9 Å². The highest BCUT2D eigenvalue weighted by Crippen LogP contribution is 2.54. The first-order valence-corrected chi connectivity index (χ1v) is 10.9. The number of rotatable bonds is 6. The maximum absolute atomic E-state index is 13.3. The summed E-state index contributed by atoms with van der Waals surface area (Å²) in [7, 11) is 0. The van der Waals surface area contributed by atoms with Gasteiger partial charge in [-0.15, -0.1) is 0 Å². The van der Waals surface area contributed by atoms with Gasteiger partial charge in [0.2, 0.25) is 5.60 Å². The van der Waals surface area contributed by atoms with E-state index in [1.807, 2.05) is 37.3 Å². The van der Waals surface area contributed by atoms with Crippen molar-refractivity contribution in [3.05, 3.63) is 47.5 Å². The zero-order chi connectivity index (χ0) is 22.9. The molecule has 2 aliphatic heterocycles. The molecule has 1 aromatic rings. The number of hydrogen-bond donors (Lipinski definition) is 0. The average molecular weight is 429 g/mol. The Morgan fingerprint density at radius 2 is 1.90 bits per heavy atom. The second-order valence-electron chi connectivity index (χ2n) is 9.50. The number of carbonyl (C=O) groups excluding carboxylic acids is 3. The van der Waals surface area contributed by atoms with Crippen LogP contribution < -0.4 is 0 Å². The molecule has 168 valence electrons. The third-order valence-electron chi connectivity index (χ3n) is 5.75. The van der Waals surface area contributed by atoms with Crippen LogP contribution in [0.3, 0.4) is 0 Å². The summed E-state index contributed by atoms with van der Waals surface area (Å²) in [5, 5.41) is 0. The van der Waals surface area contributed by atoms with Crippen LogP contribution in [-0.4, -0.2) is 34.5 Å². The fraction of sp³-hybridized carbons (Fsp3) is 0.560. The molecule has 31 heavy (non-hydrogen) atoms. The third-order valence-corrected chi connectivity index (χ3v) is 5.75. The summed E-state index contributed by atoms with van der Waals surface area (Å²) >= 11 is 0. The average Bonchev–Trinajstić information content (AvgIpc) is 2.93. The van der Waals surface area contributed by atoms with Crippen molar-refractivity contribution < 1.29 is 28.6 Å². The molecule has 0 unspecified atom stereocenters. The van der Waals surface area contributed by atoms with Gasteiger partial charge in [-0.25, -0.2) is 4.79 Å². The van der Waals surface area contributed by atoms with Crippen LogP contribution in [0.5, 0.6) is 0 Å². The Hall–Kier alpha value is -2.47. The lowest BCUT2D eigenvalue weighted by Gasteiger charge is -2.37. The minimum atomic E-state index is -1.88. The lowest BCUT2D eigenvalue weighted by molar-refractivity contribution is -0.198. The Bertz CT molecular complexity index is 881. The Balaban J connectivity index is 1.99. The minimum Gasteiger partial charge on any atom is -0.460 e. The summed E-state index contributed by atoms with van der Waals surface area (Å²) in [6.07, 6.45) is 3.68. The number of fused-ring (bicyclic) bond motifs is 2. The van der Waals surface area contributed by atoms with Crippen LogP contribution in [0.1, 0.15) is 65.9 Å². The van der Waals surface area contributed by atoms with E-state index in [0.717, 1.165) is 12.0 Å². The van der Waals surface area contributed by atoms with Crippen LogP contribution in [0.4, 0.5) is 0 Å². The predicted octanol–water partition coefficient (Wildman–Crippen LogP) is 4.30. The van der Waals surface area contributed by atoms with Gasteiger partial charge in [-0.05, 0) is 51.7 Å². The Morgan fingerprint density at radius 3 is 2.52 bits per heavy atom. The standard InChI is InChI=1S/C25H32O6/c1-6-7-13-18-20(21(27)29-16-17-11-9-8-10-12-17)24(5)15-14-19(26)25(18,31-24)22(28)30-23(2,3)4/h8-13,20H,6-7,14-16H2,1-5H3/b18-13+/t20-,24-,25-/m1/s1. The van der Waals surface area contributed by atoms with Crippen LogP contribution in [0.2, 0.25) is 0 Å². The smallest absolute Gasteiger partial charge is 0.351 e. The van der Waals surface area contributed by atoms with Crippen molar-refractivity contribution in [2.45, 2.75) is 83.7 Å². The predicted molar refractivity (Wildman–Crippen MR) is 115 cm³/mol. The summed E-state index contributed by atoms with van der Waals surface area (Å²) in [5.41, 5.74) is -2.47. The maximum Gasteiger partial charge on any atom is 0.351 e. The molecule has 2 heterocycles. The van der Waals surface area contributed by atoms with Gasteiger partial charge in [0.05, 0.1) is 5.60 Å². The number of hydrogen-bond acceptors (Lipinski definition) is 6. The van der Waals surface area contributed by atoms with E-state index in [9.17, 15) is 14.4 Å².